The predicted molar refractivity (Wildman–Crippen MR) is 130 cm³/mol. The van der Waals surface area contributed by atoms with E-state index < -0.39 is 0 Å². The molecule has 0 amide bonds. The Labute approximate surface area is 192 Å². The summed E-state index contributed by atoms with van der Waals surface area (Å²) in [5.41, 5.74) is 5.37. The molecule has 0 unspecified atom stereocenters. The van der Waals surface area contributed by atoms with Crippen molar-refractivity contribution in [2.45, 2.75) is 102 Å². The average Bonchev–Trinajstić information content (AvgIpc) is 3.30. The molecule has 1 saturated heterocycles. The summed E-state index contributed by atoms with van der Waals surface area (Å²) in [6.45, 7) is 4.64. The van der Waals surface area contributed by atoms with E-state index >= 15 is 0 Å². The molecule has 2 aromatic heterocycles. The van der Waals surface area contributed by atoms with Crippen molar-refractivity contribution < 1.29 is 0 Å². The minimum absolute atomic E-state index is 0.107. The molecule has 4 nitrogen and oxygen atoms in total. The van der Waals surface area contributed by atoms with Crippen LogP contribution in [0.3, 0.4) is 0 Å². The van der Waals surface area contributed by atoms with Gasteiger partial charge in [-0.3, -0.25) is 4.98 Å². The second-order valence-corrected chi connectivity index (χ2v) is 10.2. The van der Waals surface area contributed by atoms with Gasteiger partial charge in [-0.25, -0.2) is 0 Å². The Hall–Kier alpha value is -1.88. The molecule has 166 valence electrons. The van der Waals surface area contributed by atoms with E-state index in [1.165, 1.54) is 81.2 Å². The van der Waals surface area contributed by atoms with E-state index in [1.54, 1.807) is 0 Å². The highest BCUT2D eigenvalue weighted by molar-refractivity contribution is 7.80. The van der Waals surface area contributed by atoms with Crippen molar-refractivity contribution >= 4 is 17.3 Å². The first-order valence-electron chi connectivity index (χ1n) is 12.3. The maximum absolute atomic E-state index is 5.96. The Morgan fingerprint density at radius 3 is 2.26 bits per heavy atom. The van der Waals surface area contributed by atoms with Crippen molar-refractivity contribution in [3.63, 3.8) is 0 Å². The van der Waals surface area contributed by atoms with Crippen LogP contribution in [0.1, 0.15) is 105 Å². The van der Waals surface area contributed by atoms with Gasteiger partial charge in [0, 0.05) is 29.7 Å². The van der Waals surface area contributed by atoms with Gasteiger partial charge in [0.2, 0.25) is 0 Å². The number of thiocarbonyl (C=S) groups is 1. The van der Waals surface area contributed by atoms with Crippen molar-refractivity contribution in [2.75, 3.05) is 0 Å². The van der Waals surface area contributed by atoms with Gasteiger partial charge in [0.05, 0.1) is 17.8 Å². The number of nitrogens with zero attached hydrogens (tertiary/aromatic N) is 3. The summed E-state index contributed by atoms with van der Waals surface area (Å²) < 4.78 is 2.64. The Kier molecular flexibility index (Phi) is 6.05. The number of pyridine rings is 1. The first-order valence-corrected chi connectivity index (χ1v) is 12.7. The van der Waals surface area contributed by atoms with E-state index in [-0.39, 0.29) is 12.1 Å². The lowest BCUT2D eigenvalue weighted by Crippen LogP contribution is -2.40. The van der Waals surface area contributed by atoms with Gasteiger partial charge in [-0.05, 0) is 75.5 Å². The van der Waals surface area contributed by atoms with Crippen LogP contribution in [0, 0.1) is 13.8 Å². The van der Waals surface area contributed by atoms with Crippen LogP contribution < -0.4 is 5.32 Å². The molecule has 3 fully saturated rings. The molecule has 2 atom stereocenters. The van der Waals surface area contributed by atoms with E-state index in [0.717, 1.165) is 10.8 Å². The van der Waals surface area contributed by atoms with E-state index in [0.29, 0.717) is 12.1 Å². The second-order valence-electron chi connectivity index (χ2n) is 9.81. The molecule has 0 radical (unpaired) electrons. The fraction of sp³-hybridized carbons (Fsp3) is 0.615. The Morgan fingerprint density at radius 2 is 1.61 bits per heavy atom. The molecular formula is C26H36N4S. The molecule has 2 aromatic rings. The minimum atomic E-state index is 0.107. The molecule has 2 aliphatic carbocycles. The van der Waals surface area contributed by atoms with Crippen LogP contribution in [0.15, 0.2) is 30.5 Å². The van der Waals surface area contributed by atoms with E-state index in [4.69, 9.17) is 17.2 Å². The highest BCUT2D eigenvalue weighted by Crippen LogP contribution is 2.45. The van der Waals surface area contributed by atoms with Crippen LogP contribution in [0.4, 0.5) is 0 Å². The lowest BCUT2D eigenvalue weighted by Gasteiger charge is -2.37. The van der Waals surface area contributed by atoms with Gasteiger partial charge < -0.3 is 14.8 Å². The number of hydrogen-bond donors (Lipinski definition) is 1. The normalized spacial score (nSPS) is 25.7. The highest BCUT2D eigenvalue weighted by Gasteiger charge is 2.44. The summed E-state index contributed by atoms with van der Waals surface area (Å²) in [5.74, 6) is 0. The molecule has 3 heterocycles. The first kappa shape index (κ1) is 21.0. The van der Waals surface area contributed by atoms with Gasteiger partial charge >= 0.3 is 0 Å². The number of aromatic nitrogens is 2. The fourth-order valence-corrected chi connectivity index (χ4v) is 6.84. The molecule has 0 aromatic carbocycles. The Morgan fingerprint density at radius 1 is 0.935 bits per heavy atom. The fourth-order valence-electron chi connectivity index (χ4n) is 6.45. The third-order valence-corrected chi connectivity index (χ3v) is 8.21. The predicted octanol–water partition coefficient (Wildman–Crippen LogP) is 6.31. The topological polar surface area (TPSA) is 33.1 Å². The largest absolute Gasteiger partial charge is 0.352 e. The zero-order chi connectivity index (χ0) is 21.4. The third-order valence-electron chi connectivity index (χ3n) is 7.89. The van der Waals surface area contributed by atoms with Crippen molar-refractivity contribution in [3.8, 4) is 0 Å². The summed E-state index contributed by atoms with van der Waals surface area (Å²) >= 11 is 5.96. The van der Waals surface area contributed by atoms with Gasteiger partial charge in [-0.1, -0.05) is 44.6 Å². The van der Waals surface area contributed by atoms with Gasteiger partial charge in [0.25, 0.3) is 0 Å². The summed E-state index contributed by atoms with van der Waals surface area (Å²) in [6.07, 6.45) is 15.1. The maximum Gasteiger partial charge on any atom is 0.170 e. The van der Waals surface area contributed by atoms with Crippen molar-refractivity contribution in [1.29, 1.82) is 0 Å². The number of nitrogens with one attached hydrogen (secondary N) is 1. The maximum atomic E-state index is 5.96. The molecule has 5 heteroatoms. The minimum Gasteiger partial charge on any atom is -0.352 e. The summed E-state index contributed by atoms with van der Waals surface area (Å²) in [4.78, 5) is 7.30. The molecule has 31 heavy (non-hydrogen) atoms. The molecule has 0 bridgehead atoms. The van der Waals surface area contributed by atoms with Crippen LogP contribution in [0.5, 0.6) is 0 Å². The van der Waals surface area contributed by atoms with Gasteiger partial charge in [0.1, 0.15) is 0 Å². The smallest absolute Gasteiger partial charge is 0.170 e. The monoisotopic (exact) mass is 436 g/mol. The molecule has 0 spiro atoms. The van der Waals surface area contributed by atoms with Crippen LogP contribution in [-0.4, -0.2) is 25.6 Å². The van der Waals surface area contributed by atoms with E-state index in [2.05, 4.69) is 46.8 Å². The second kappa shape index (κ2) is 8.93. The van der Waals surface area contributed by atoms with Crippen molar-refractivity contribution in [2.24, 2.45) is 0 Å². The molecule has 1 N–H and O–H groups in total. The average molecular weight is 437 g/mol. The Bertz CT molecular complexity index is 909. The summed E-state index contributed by atoms with van der Waals surface area (Å²) in [5, 5.41) is 4.60. The molecule has 5 rings (SSSR count). The van der Waals surface area contributed by atoms with Crippen molar-refractivity contribution in [3.05, 3.63) is 53.1 Å². The van der Waals surface area contributed by atoms with Gasteiger partial charge in [0.15, 0.2) is 5.11 Å². The van der Waals surface area contributed by atoms with Crippen LogP contribution >= 0.6 is 12.2 Å². The highest BCUT2D eigenvalue weighted by atomic mass is 32.1. The van der Waals surface area contributed by atoms with Crippen LogP contribution in [0.2, 0.25) is 0 Å². The summed E-state index contributed by atoms with van der Waals surface area (Å²) in [6, 6.07) is 10.2. The first-order chi connectivity index (χ1) is 15.1. The third kappa shape index (κ3) is 3.90. The lowest BCUT2D eigenvalue weighted by molar-refractivity contribution is 0.196. The lowest BCUT2D eigenvalue weighted by atomic mass is 9.90. The van der Waals surface area contributed by atoms with E-state index in [9.17, 15) is 0 Å². The van der Waals surface area contributed by atoms with Gasteiger partial charge in [-0.15, -0.1) is 0 Å². The quantitative estimate of drug-likeness (QED) is 0.569. The van der Waals surface area contributed by atoms with Crippen LogP contribution in [-0.2, 0) is 0 Å². The standard InChI is InChI=1S/C26H36N4S/c1-18-17-22(19(2)29(18)20-11-5-3-6-12-20)25-24(23-15-9-10-16-27-23)28-26(31)30(25)21-13-7-4-8-14-21/h9-10,15-17,20-21,24-25H,3-8,11-14H2,1-2H3,(H,28,31)/t24-,25+/m1/s1. The number of hydrogen-bond acceptors (Lipinski definition) is 2. The van der Waals surface area contributed by atoms with E-state index in [1.807, 2.05) is 12.3 Å². The molecule has 1 aliphatic heterocycles. The molecular weight excluding hydrogens is 400 g/mol. The summed E-state index contributed by atoms with van der Waals surface area (Å²) in [7, 11) is 0. The van der Waals surface area contributed by atoms with Crippen molar-refractivity contribution in [1.82, 2.24) is 19.8 Å². The molecule has 2 saturated carbocycles. The number of rotatable bonds is 4. The number of aryl methyl sites for hydroxylation is 1. The molecule has 3 aliphatic rings. The van der Waals surface area contributed by atoms with Gasteiger partial charge in [-0.2, -0.15) is 0 Å². The van der Waals surface area contributed by atoms with Crippen LogP contribution in [0.25, 0.3) is 0 Å². The zero-order valence-corrected chi connectivity index (χ0v) is 19.8. The SMILES string of the molecule is Cc1cc([C@H]2[C@@H](c3ccccn3)NC(=S)N2C2CCCCC2)c(C)n1C1CCCCC1. The Balaban J connectivity index is 1.57. The zero-order valence-electron chi connectivity index (χ0n) is 19.0.